The van der Waals surface area contributed by atoms with Crippen molar-refractivity contribution in [2.45, 2.75) is 31.9 Å². The SMILES string of the molecule is O=C(Nc1cnn(CC2CCCCO2)c1)c1cc(=O)c2ccccc2o1. The highest BCUT2D eigenvalue weighted by Gasteiger charge is 2.16. The molecular formula is C19H19N3O4. The first-order valence-electron chi connectivity index (χ1n) is 8.67. The van der Waals surface area contributed by atoms with E-state index < -0.39 is 5.91 Å². The average Bonchev–Trinajstić information content (AvgIpc) is 3.09. The van der Waals surface area contributed by atoms with E-state index in [0.717, 1.165) is 25.9 Å². The Labute approximate surface area is 149 Å². The van der Waals surface area contributed by atoms with E-state index in [2.05, 4.69) is 10.4 Å². The summed E-state index contributed by atoms with van der Waals surface area (Å²) in [6, 6.07) is 8.04. The quantitative estimate of drug-likeness (QED) is 0.779. The van der Waals surface area contributed by atoms with E-state index in [-0.39, 0.29) is 17.3 Å². The van der Waals surface area contributed by atoms with Crippen LogP contribution in [-0.2, 0) is 11.3 Å². The van der Waals surface area contributed by atoms with E-state index in [1.165, 1.54) is 6.07 Å². The Hall–Kier alpha value is -2.93. The fourth-order valence-electron chi connectivity index (χ4n) is 3.10. The molecule has 3 aromatic rings. The first-order valence-corrected chi connectivity index (χ1v) is 8.67. The predicted octanol–water partition coefficient (Wildman–Crippen LogP) is 2.81. The van der Waals surface area contributed by atoms with E-state index in [1.54, 1.807) is 41.3 Å². The molecule has 7 heteroatoms. The lowest BCUT2D eigenvalue weighted by Gasteiger charge is -2.22. The van der Waals surface area contributed by atoms with Gasteiger partial charge in [0.1, 0.15) is 5.58 Å². The van der Waals surface area contributed by atoms with E-state index in [9.17, 15) is 9.59 Å². The molecule has 1 aliphatic rings. The molecule has 1 aromatic carbocycles. The normalized spacial score (nSPS) is 17.3. The fraction of sp³-hybridized carbons (Fsp3) is 0.316. The molecule has 134 valence electrons. The summed E-state index contributed by atoms with van der Waals surface area (Å²) in [5.74, 6) is -0.515. The average molecular weight is 353 g/mol. The number of amides is 1. The highest BCUT2D eigenvalue weighted by Crippen LogP contribution is 2.16. The van der Waals surface area contributed by atoms with Crippen LogP contribution in [-0.4, -0.2) is 28.4 Å². The number of hydrogen-bond donors (Lipinski definition) is 1. The number of nitrogens with one attached hydrogen (secondary N) is 1. The Morgan fingerprint density at radius 3 is 3.04 bits per heavy atom. The Morgan fingerprint density at radius 2 is 2.19 bits per heavy atom. The number of rotatable bonds is 4. The lowest BCUT2D eigenvalue weighted by molar-refractivity contribution is 0.00400. The zero-order valence-corrected chi connectivity index (χ0v) is 14.2. The summed E-state index contributed by atoms with van der Waals surface area (Å²) in [4.78, 5) is 24.5. The monoisotopic (exact) mass is 353 g/mol. The molecule has 4 rings (SSSR count). The van der Waals surface area contributed by atoms with Crippen LogP contribution in [0.2, 0.25) is 0 Å². The molecule has 1 amide bonds. The third-order valence-corrected chi connectivity index (χ3v) is 4.41. The largest absolute Gasteiger partial charge is 0.451 e. The second-order valence-electron chi connectivity index (χ2n) is 6.36. The lowest BCUT2D eigenvalue weighted by atomic mass is 10.1. The van der Waals surface area contributed by atoms with Crippen LogP contribution in [0.25, 0.3) is 11.0 Å². The van der Waals surface area contributed by atoms with Gasteiger partial charge in [0.05, 0.1) is 29.9 Å². The third-order valence-electron chi connectivity index (χ3n) is 4.41. The minimum Gasteiger partial charge on any atom is -0.451 e. The molecule has 0 aliphatic carbocycles. The van der Waals surface area contributed by atoms with Crippen molar-refractivity contribution in [2.75, 3.05) is 11.9 Å². The topological polar surface area (TPSA) is 86.4 Å². The number of benzene rings is 1. The number of carbonyl (C=O) groups is 1. The van der Waals surface area contributed by atoms with Crippen LogP contribution in [0.1, 0.15) is 29.8 Å². The van der Waals surface area contributed by atoms with Gasteiger partial charge in [-0.25, -0.2) is 0 Å². The van der Waals surface area contributed by atoms with Gasteiger partial charge in [-0.05, 0) is 31.4 Å². The molecule has 1 atom stereocenters. The summed E-state index contributed by atoms with van der Waals surface area (Å²) in [7, 11) is 0. The minimum atomic E-state index is -0.485. The molecule has 0 spiro atoms. The zero-order valence-electron chi connectivity index (χ0n) is 14.2. The van der Waals surface area contributed by atoms with Gasteiger partial charge in [-0.15, -0.1) is 0 Å². The van der Waals surface area contributed by atoms with Crippen LogP contribution in [0.5, 0.6) is 0 Å². The van der Waals surface area contributed by atoms with Crippen LogP contribution < -0.4 is 10.7 Å². The van der Waals surface area contributed by atoms with Crippen LogP contribution >= 0.6 is 0 Å². The Kier molecular flexibility index (Phi) is 4.53. The lowest BCUT2D eigenvalue weighted by Crippen LogP contribution is -2.24. The highest BCUT2D eigenvalue weighted by molar-refractivity contribution is 6.02. The second-order valence-corrected chi connectivity index (χ2v) is 6.36. The van der Waals surface area contributed by atoms with Crippen molar-refractivity contribution in [1.29, 1.82) is 0 Å². The molecule has 0 saturated carbocycles. The highest BCUT2D eigenvalue weighted by atomic mass is 16.5. The van der Waals surface area contributed by atoms with Crippen molar-refractivity contribution in [1.82, 2.24) is 9.78 Å². The molecule has 2 aromatic heterocycles. The Balaban J connectivity index is 1.47. The zero-order chi connectivity index (χ0) is 17.9. The number of hydrogen-bond acceptors (Lipinski definition) is 5. The number of carbonyl (C=O) groups excluding carboxylic acids is 1. The molecule has 1 fully saturated rings. The van der Waals surface area contributed by atoms with Crippen LogP contribution in [0, 0.1) is 0 Å². The molecule has 7 nitrogen and oxygen atoms in total. The molecule has 26 heavy (non-hydrogen) atoms. The second kappa shape index (κ2) is 7.13. The molecular weight excluding hydrogens is 334 g/mol. The smallest absolute Gasteiger partial charge is 0.291 e. The third kappa shape index (κ3) is 3.52. The van der Waals surface area contributed by atoms with Crippen molar-refractivity contribution in [3.63, 3.8) is 0 Å². The van der Waals surface area contributed by atoms with E-state index in [4.69, 9.17) is 9.15 Å². The predicted molar refractivity (Wildman–Crippen MR) is 96.3 cm³/mol. The minimum absolute atomic E-state index is 0.0305. The number of nitrogens with zero attached hydrogens (tertiary/aromatic N) is 2. The maximum Gasteiger partial charge on any atom is 0.291 e. The van der Waals surface area contributed by atoms with Gasteiger partial charge in [0, 0.05) is 18.9 Å². The molecule has 1 unspecified atom stereocenters. The van der Waals surface area contributed by atoms with Crippen molar-refractivity contribution >= 4 is 22.6 Å². The van der Waals surface area contributed by atoms with Gasteiger partial charge in [-0.1, -0.05) is 12.1 Å². The van der Waals surface area contributed by atoms with E-state index in [1.807, 2.05) is 0 Å². The summed E-state index contributed by atoms with van der Waals surface area (Å²) < 4.78 is 13.0. The van der Waals surface area contributed by atoms with Crippen molar-refractivity contribution in [2.24, 2.45) is 0 Å². The maximum absolute atomic E-state index is 12.4. The van der Waals surface area contributed by atoms with Crippen LogP contribution in [0.15, 0.2) is 51.9 Å². The molecule has 0 bridgehead atoms. The first-order chi connectivity index (χ1) is 12.7. The van der Waals surface area contributed by atoms with Gasteiger partial charge in [0.2, 0.25) is 0 Å². The molecule has 1 N–H and O–H groups in total. The summed E-state index contributed by atoms with van der Waals surface area (Å²) in [5, 5.41) is 7.41. The fourth-order valence-corrected chi connectivity index (χ4v) is 3.10. The molecule has 3 heterocycles. The number of ether oxygens (including phenoxy) is 1. The number of fused-ring (bicyclic) bond motifs is 1. The molecule has 1 aliphatic heterocycles. The molecule has 1 saturated heterocycles. The van der Waals surface area contributed by atoms with Gasteiger partial charge in [-0.2, -0.15) is 5.10 Å². The standard InChI is InChI=1S/C19H19N3O4/c23-16-9-18(26-17-7-2-1-6-15(16)17)19(24)21-13-10-20-22(11-13)12-14-5-3-4-8-25-14/h1-2,6-7,9-11,14H,3-5,8,12H2,(H,21,24). The number of aromatic nitrogens is 2. The van der Waals surface area contributed by atoms with Crippen molar-refractivity contribution in [3.05, 3.63) is 58.7 Å². The van der Waals surface area contributed by atoms with Crippen molar-refractivity contribution in [3.8, 4) is 0 Å². The summed E-state index contributed by atoms with van der Waals surface area (Å²) >= 11 is 0. The summed E-state index contributed by atoms with van der Waals surface area (Å²) in [6.07, 6.45) is 6.76. The van der Waals surface area contributed by atoms with Crippen LogP contribution in [0.3, 0.4) is 0 Å². The Morgan fingerprint density at radius 1 is 1.31 bits per heavy atom. The summed E-state index contributed by atoms with van der Waals surface area (Å²) in [5.41, 5.74) is 0.680. The van der Waals surface area contributed by atoms with Gasteiger partial charge in [-0.3, -0.25) is 14.3 Å². The first kappa shape index (κ1) is 16.5. The van der Waals surface area contributed by atoms with Crippen molar-refractivity contribution < 1.29 is 13.9 Å². The van der Waals surface area contributed by atoms with Gasteiger partial charge >= 0.3 is 0 Å². The Bertz CT molecular complexity index is 986. The van der Waals surface area contributed by atoms with E-state index in [0.29, 0.717) is 23.2 Å². The summed E-state index contributed by atoms with van der Waals surface area (Å²) in [6.45, 7) is 1.44. The maximum atomic E-state index is 12.4. The number of para-hydroxylation sites is 1. The van der Waals surface area contributed by atoms with Gasteiger partial charge in [0.15, 0.2) is 11.2 Å². The molecule has 0 radical (unpaired) electrons. The van der Waals surface area contributed by atoms with Crippen LogP contribution in [0.4, 0.5) is 5.69 Å². The van der Waals surface area contributed by atoms with E-state index >= 15 is 0 Å². The van der Waals surface area contributed by atoms with Gasteiger partial charge < -0.3 is 14.5 Å². The number of anilines is 1. The van der Waals surface area contributed by atoms with Gasteiger partial charge in [0.25, 0.3) is 5.91 Å².